The largest absolute Gasteiger partial charge is 0.370 e. The van der Waals surface area contributed by atoms with Crippen molar-refractivity contribution >= 4 is 23.3 Å². The van der Waals surface area contributed by atoms with Crippen molar-refractivity contribution in [3.05, 3.63) is 22.8 Å². The molecule has 0 aliphatic carbocycles. The average molecular weight is 296 g/mol. The summed E-state index contributed by atoms with van der Waals surface area (Å²) >= 11 is 6.13. The van der Waals surface area contributed by atoms with E-state index in [1.807, 2.05) is 11.8 Å². The molecule has 1 aliphatic rings. The second-order valence-electron chi connectivity index (χ2n) is 5.62. The second kappa shape index (κ2) is 6.44. The molecule has 0 spiro atoms. The molecule has 1 aromatic rings. The third-order valence-corrected chi connectivity index (χ3v) is 4.20. The van der Waals surface area contributed by atoms with Crippen LogP contribution in [0.5, 0.6) is 0 Å². The number of halogens is 1. The molecule has 1 aliphatic heterocycles. The minimum absolute atomic E-state index is 0.0136. The van der Waals surface area contributed by atoms with Crippen LogP contribution in [0.25, 0.3) is 0 Å². The molecule has 2 heterocycles. The molecule has 1 unspecified atom stereocenters. The van der Waals surface area contributed by atoms with Crippen LogP contribution in [0.15, 0.2) is 12.3 Å². The summed E-state index contributed by atoms with van der Waals surface area (Å²) in [6.07, 6.45) is 2.62. The molecule has 0 bridgehead atoms. The predicted octanol–water partition coefficient (Wildman–Crippen LogP) is 3.28. The Morgan fingerprint density at radius 3 is 2.95 bits per heavy atom. The third kappa shape index (κ3) is 3.23. The minimum Gasteiger partial charge on any atom is -0.370 e. The summed E-state index contributed by atoms with van der Waals surface area (Å²) in [7, 11) is 0. The number of nitrogens with one attached hydrogen (secondary N) is 1. The Hall–Kier alpha value is -1.29. The van der Waals surface area contributed by atoms with Gasteiger partial charge < -0.3 is 10.2 Å². The number of anilines is 1. The lowest BCUT2D eigenvalue weighted by atomic mass is 9.95. The number of nitrogens with zero attached hydrogens (tertiary/aromatic N) is 2. The smallest absolute Gasteiger partial charge is 0.255 e. The van der Waals surface area contributed by atoms with E-state index in [2.05, 4.69) is 24.1 Å². The molecule has 0 aromatic carbocycles. The number of carbonyl (C=O) groups excluding carboxylic acids is 1. The highest BCUT2D eigenvalue weighted by molar-refractivity contribution is 6.33. The number of hydrogen-bond donors (Lipinski definition) is 1. The van der Waals surface area contributed by atoms with Crippen LogP contribution >= 0.6 is 11.6 Å². The van der Waals surface area contributed by atoms with E-state index in [-0.39, 0.29) is 5.91 Å². The molecule has 2 rings (SSSR count). The van der Waals surface area contributed by atoms with E-state index in [0.717, 1.165) is 26.1 Å². The van der Waals surface area contributed by atoms with Crippen LogP contribution in [0.4, 0.5) is 5.82 Å². The number of pyridine rings is 1. The summed E-state index contributed by atoms with van der Waals surface area (Å²) in [6.45, 7) is 8.82. The molecule has 110 valence electrons. The average Bonchev–Trinajstić information content (AvgIpc) is 2.90. The van der Waals surface area contributed by atoms with Gasteiger partial charge in [-0.25, -0.2) is 4.98 Å². The van der Waals surface area contributed by atoms with Crippen LogP contribution in [-0.4, -0.2) is 35.4 Å². The maximum Gasteiger partial charge on any atom is 0.255 e. The van der Waals surface area contributed by atoms with E-state index < -0.39 is 0 Å². The molecule has 0 saturated carbocycles. The first-order chi connectivity index (χ1) is 9.52. The van der Waals surface area contributed by atoms with Gasteiger partial charge >= 0.3 is 0 Å². The number of amides is 1. The monoisotopic (exact) mass is 295 g/mol. The molecule has 4 nitrogen and oxygen atoms in total. The zero-order valence-electron chi connectivity index (χ0n) is 12.3. The summed E-state index contributed by atoms with van der Waals surface area (Å²) in [4.78, 5) is 18.6. The zero-order valence-corrected chi connectivity index (χ0v) is 13.1. The molecule has 1 fully saturated rings. The SMILES string of the molecule is CCNc1cc(C(=O)N2CCC(C(C)C)C2)c(Cl)cn1. The van der Waals surface area contributed by atoms with Gasteiger partial charge in [-0.15, -0.1) is 0 Å². The Bertz CT molecular complexity index is 490. The van der Waals surface area contributed by atoms with Crippen LogP contribution in [0, 0.1) is 11.8 Å². The van der Waals surface area contributed by atoms with Gasteiger partial charge in [0.25, 0.3) is 5.91 Å². The Kier molecular flexibility index (Phi) is 4.86. The first-order valence-electron chi connectivity index (χ1n) is 7.21. The van der Waals surface area contributed by atoms with Crippen molar-refractivity contribution < 1.29 is 4.79 Å². The number of aromatic nitrogens is 1. The number of hydrogen-bond acceptors (Lipinski definition) is 3. The van der Waals surface area contributed by atoms with E-state index in [4.69, 9.17) is 11.6 Å². The normalized spacial score (nSPS) is 18.6. The fraction of sp³-hybridized carbons (Fsp3) is 0.600. The van der Waals surface area contributed by atoms with Crippen molar-refractivity contribution in [3.8, 4) is 0 Å². The summed E-state index contributed by atoms with van der Waals surface area (Å²) in [6, 6.07) is 1.75. The minimum atomic E-state index is 0.0136. The van der Waals surface area contributed by atoms with Gasteiger partial charge in [-0.05, 0) is 31.2 Å². The zero-order chi connectivity index (χ0) is 14.7. The van der Waals surface area contributed by atoms with E-state index >= 15 is 0 Å². The molecule has 1 saturated heterocycles. The van der Waals surface area contributed by atoms with Crippen LogP contribution < -0.4 is 5.32 Å². The molecule has 1 N–H and O–H groups in total. The van der Waals surface area contributed by atoms with Gasteiger partial charge in [0.15, 0.2) is 0 Å². The summed E-state index contributed by atoms with van der Waals surface area (Å²) < 4.78 is 0. The van der Waals surface area contributed by atoms with Crippen molar-refractivity contribution in [2.24, 2.45) is 11.8 Å². The van der Waals surface area contributed by atoms with E-state index in [0.29, 0.717) is 28.2 Å². The van der Waals surface area contributed by atoms with Gasteiger partial charge in [-0.3, -0.25) is 4.79 Å². The number of rotatable bonds is 4. The first kappa shape index (κ1) is 15.1. The highest BCUT2D eigenvalue weighted by Gasteiger charge is 2.29. The highest BCUT2D eigenvalue weighted by Crippen LogP contribution is 2.27. The summed E-state index contributed by atoms with van der Waals surface area (Å²) in [5, 5.41) is 3.53. The lowest BCUT2D eigenvalue weighted by molar-refractivity contribution is 0.0784. The highest BCUT2D eigenvalue weighted by atomic mass is 35.5. The molecular formula is C15H22ClN3O. The van der Waals surface area contributed by atoms with Gasteiger partial charge in [0.2, 0.25) is 0 Å². The van der Waals surface area contributed by atoms with E-state index in [9.17, 15) is 4.79 Å². The van der Waals surface area contributed by atoms with Crippen molar-refractivity contribution in [1.29, 1.82) is 0 Å². The van der Waals surface area contributed by atoms with Crippen LogP contribution in [0.2, 0.25) is 5.02 Å². The third-order valence-electron chi connectivity index (χ3n) is 3.90. The standard InChI is InChI=1S/C15H22ClN3O/c1-4-17-14-7-12(13(16)8-18-14)15(20)19-6-5-11(9-19)10(2)3/h7-8,10-11H,4-6,9H2,1-3H3,(H,17,18). The lowest BCUT2D eigenvalue weighted by Gasteiger charge is -2.19. The van der Waals surface area contributed by atoms with Crippen molar-refractivity contribution in [3.63, 3.8) is 0 Å². The number of likely N-dealkylation sites (tertiary alicyclic amines) is 1. The summed E-state index contributed by atoms with van der Waals surface area (Å²) in [5.41, 5.74) is 0.544. The fourth-order valence-electron chi connectivity index (χ4n) is 2.57. The molecule has 5 heteroatoms. The maximum atomic E-state index is 12.6. The van der Waals surface area contributed by atoms with Crippen LogP contribution in [0.3, 0.4) is 0 Å². The van der Waals surface area contributed by atoms with Gasteiger partial charge in [0.1, 0.15) is 5.82 Å². The molecule has 20 heavy (non-hydrogen) atoms. The summed E-state index contributed by atoms with van der Waals surface area (Å²) in [5.74, 6) is 1.91. The van der Waals surface area contributed by atoms with Crippen molar-refractivity contribution in [1.82, 2.24) is 9.88 Å². The van der Waals surface area contributed by atoms with Crippen LogP contribution in [0.1, 0.15) is 37.6 Å². The topological polar surface area (TPSA) is 45.2 Å². The molecule has 0 radical (unpaired) electrons. The Labute approximate surface area is 125 Å². The van der Waals surface area contributed by atoms with Crippen LogP contribution in [-0.2, 0) is 0 Å². The van der Waals surface area contributed by atoms with Gasteiger partial charge in [0, 0.05) is 25.8 Å². The van der Waals surface area contributed by atoms with E-state index in [1.165, 1.54) is 0 Å². The number of carbonyl (C=O) groups is 1. The molecule has 1 aromatic heterocycles. The lowest BCUT2D eigenvalue weighted by Crippen LogP contribution is -2.29. The molecular weight excluding hydrogens is 274 g/mol. The second-order valence-corrected chi connectivity index (χ2v) is 6.03. The van der Waals surface area contributed by atoms with Gasteiger partial charge in [0.05, 0.1) is 10.6 Å². The van der Waals surface area contributed by atoms with Crippen molar-refractivity contribution in [2.75, 3.05) is 25.0 Å². The van der Waals surface area contributed by atoms with Gasteiger partial charge in [-0.1, -0.05) is 25.4 Å². The quantitative estimate of drug-likeness (QED) is 0.927. The van der Waals surface area contributed by atoms with Gasteiger partial charge in [-0.2, -0.15) is 0 Å². The Morgan fingerprint density at radius 2 is 2.35 bits per heavy atom. The predicted molar refractivity (Wildman–Crippen MR) is 82.3 cm³/mol. The fourth-order valence-corrected chi connectivity index (χ4v) is 2.75. The molecule has 1 atom stereocenters. The molecule has 1 amide bonds. The maximum absolute atomic E-state index is 12.6. The van der Waals surface area contributed by atoms with Crippen molar-refractivity contribution in [2.45, 2.75) is 27.2 Å². The van der Waals surface area contributed by atoms with E-state index in [1.54, 1.807) is 12.3 Å². The first-order valence-corrected chi connectivity index (χ1v) is 7.59. The Morgan fingerprint density at radius 1 is 1.60 bits per heavy atom. The Balaban J connectivity index is 2.15.